The zero-order chi connectivity index (χ0) is 29.7. The molecule has 0 unspecified atom stereocenters. The van der Waals surface area contributed by atoms with Crippen molar-refractivity contribution in [2.24, 2.45) is 0 Å². The molecule has 7 nitrogen and oxygen atoms in total. The summed E-state index contributed by atoms with van der Waals surface area (Å²) in [4.78, 5) is 30.6. The average molecular weight is 576 g/mol. The first-order valence-electron chi connectivity index (χ1n) is 12.7. The fraction of sp³-hybridized carbons (Fsp3) is 0.194. The molecule has 2 N–H and O–H groups in total. The Hall–Kier alpha value is -4.62. The van der Waals surface area contributed by atoms with Crippen LogP contribution in [0.4, 0.5) is 8.78 Å². The van der Waals surface area contributed by atoms with Gasteiger partial charge < -0.3 is 10.3 Å². The van der Waals surface area contributed by atoms with E-state index in [0.29, 0.717) is 35.4 Å². The second kappa shape index (κ2) is 12.3. The van der Waals surface area contributed by atoms with Crippen molar-refractivity contribution in [3.05, 3.63) is 122 Å². The first-order valence-corrected chi connectivity index (χ1v) is 14.6. The predicted molar refractivity (Wildman–Crippen MR) is 151 cm³/mol. The third kappa shape index (κ3) is 6.94. The number of nitriles is 1. The van der Waals surface area contributed by atoms with Crippen molar-refractivity contribution in [1.82, 2.24) is 10.3 Å². The molecule has 0 bridgehead atoms. The van der Waals surface area contributed by atoms with Crippen LogP contribution in [0.5, 0.6) is 0 Å². The van der Waals surface area contributed by atoms with Gasteiger partial charge in [0.1, 0.15) is 5.56 Å². The van der Waals surface area contributed by atoms with E-state index in [2.05, 4.69) is 16.4 Å². The Bertz CT molecular complexity index is 1790. The van der Waals surface area contributed by atoms with E-state index in [9.17, 15) is 26.8 Å². The highest BCUT2D eigenvalue weighted by Gasteiger charge is 2.22. The molecule has 1 heterocycles. The SMILES string of the molecule is Cc1[nH]c(CCc2ccc(C#N)cc2)c(C(=O)NCc2ccc(S(C)(=O)=O)cc2)c(=O)c1-c1cccc(C(F)F)c1. The molecule has 4 rings (SSSR count). The minimum Gasteiger partial charge on any atom is -0.361 e. The van der Waals surface area contributed by atoms with Crippen LogP contribution in [0.25, 0.3) is 11.1 Å². The Morgan fingerprint density at radius 1 is 1.00 bits per heavy atom. The van der Waals surface area contributed by atoms with Gasteiger partial charge in [-0.05, 0) is 66.8 Å². The van der Waals surface area contributed by atoms with Gasteiger partial charge in [-0.1, -0.05) is 42.5 Å². The number of alkyl halides is 2. The molecule has 0 saturated carbocycles. The summed E-state index contributed by atoms with van der Waals surface area (Å²) in [5, 5.41) is 11.8. The third-order valence-electron chi connectivity index (χ3n) is 6.67. The first-order chi connectivity index (χ1) is 19.5. The van der Waals surface area contributed by atoms with Crippen LogP contribution in [0.15, 0.2) is 82.5 Å². The number of aromatic amines is 1. The summed E-state index contributed by atoms with van der Waals surface area (Å²) < 4.78 is 50.3. The number of aryl methyl sites for hydroxylation is 3. The summed E-state index contributed by atoms with van der Waals surface area (Å²) in [6, 6.07) is 20.5. The predicted octanol–water partition coefficient (Wildman–Crippen LogP) is 5.28. The van der Waals surface area contributed by atoms with E-state index in [-0.39, 0.29) is 33.7 Å². The summed E-state index contributed by atoms with van der Waals surface area (Å²) in [6.45, 7) is 1.68. The van der Waals surface area contributed by atoms with Gasteiger partial charge in [0.15, 0.2) is 9.84 Å². The van der Waals surface area contributed by atoms with Crippen LogP contribution in [0.1, 0.15) is 50.4 Å². The van der Waals surface area contributed by atoms with Gasteiger partial charge in [-0.15, -0.1) is 0 Å². The molecule has 0 radical (unpaired) electrons. The number of halogens is 2. The highest BCUT2D eigenvalue weighted by atomic mass is 32.2. The number of pyridine rings is 1. The molecule has 0 atom stereocenters. The molecule has 1 aromatic heterocycles. The van der Waals surface area contributed by atoms with Crippen LogP contribution < -0.4 is 10.7 Å². The van der Waals surface area contributed by atoms with Crippen LogP contribution in [0.3, 0.4) is 0 Å². The van der Waals surface area contributed by atoms with Crippen molar-refractivity contribution >= 4 is 15.7 Å². The maximum absolute atomic E-state index is 13.8. The minimum atomic E-state index is -3.38. The van der Waals surface area contributed by atoms with Gasteiger partial charge >= 0.3 is 0 Å². The number of amides is 1. The second-order valence-corrected chi connectivity index (χ2v) is 11.7. The number of H-pyrrole nitrogens is 1. The Morgan fingerprint density at radius 3 is 2.27 bits per heavy atom. The van der Waals surface area contributed by atoms with E-state index in [0.717, 1.165) is 11.8 Å². The molecule has 4 aromatic rings. The van der Waals surface area contributed by atoms with E-state index in [1.54, 1.807) is 49.4 Å². The smallest absolute Gasteiger partial charge is 0.263 e. The van der Waals surface area contributed by atoms with Gasteiger partial charge in [-0.25, -0.2) is 17.2 Å². The molecule has 0 aliphatic carbocycles. The fourth-order valence-electron chi connectivity index (χ4n) is 4.53. The molecule has 210 valence electrons. The summed E-state index contributed by atoms with van der Waals surface area (Å²) in [7, 11) is -3.38. The van der Waals surface area contributed by atoms with Crippen molar-refractivity contribution in [3.63, 3.8) is 0 Å². The zero-order valence-corrected chi connectivity index (χ0v) is 23.2. The number of nitrogens with one attached hydrogen (secondary N) is 2. The van der Waals surface area contributed by atoms with E-state index >= 15 is 0 Å². The quantitative estimate of drug-likeness (QED) is 0.282. The van der Waals surface area contributed by atoms with Crippen molar-refractivity contribution in [2.45, 2.75) is 37.6 Å². The number of carbonyl (C=O) groups excluding carboxylic acids is 1. The molecular weight excluding hydrogens is 548 g/mol. The first kappa shape index (κ1) is 29.4. The standard InChI is InChI=1S/C31H27F2N3O4S/c1-19-27(23-4-3-5-24(16-23)30(32)33)29(37)28(26(36-19)15-12-20-6-8-21(17-34)9-7-20)31(38)35-18-22-10-13-25(14-11-22)41(2,39)40/h3-11,13-14,16,30H,12,15,18H2,1-2H3,(H,35,38)(H,36,37). The number of carbonyl (C=O) groups is 1. The zero-order valence-electron chi connectivity index (χ0n) is 22.4. The summed E-state index contributed by atoms with van der Waals surface area (Å²) in [5.74, 6) is -0.653. The number of hydrogen-bond acceptors (Lipinski definition) is 5. The molecule has 0 spiro atoms. The summed E-state index contributed by atoms with van der Waals surface area (Å²) >= 11 is 0. The number of aromatic nitrogens is 1. The van der Waals surface area contributed by atoms with E-state index < -0.39 is 27.6 Å². The molecular formula is C31H27F2N3O4S. The lowest BCUT2D eigenvalue weighted by molar-refractivity contribution is 0.0948. The molecule has 0 aliphatic rings. The molecule has 3 aromatic carbocycles. The Kier molecular flexibility index (Phi) is 8.79. The molecule has 10 heteroatoms. The lowest BCUT2D eigenvalue weighted by Crippen LogP contribution is -2.32. The number of nitrogens with zero attached hydrogens (tertiary/aromatic N) is 1. The highest BCUT2D eigenvalue weighted by Crippen LogP contribution is 2.26. The van der Waals surface area contributed by atoms with E-state index in [1.165, 1.54) is 30.3 Å². The van der Waals surface area contributed by atoms with Crippen molar-refractivity contribution < 1.29 is 22.0 Å². The highest BCUT2D eigenvalue weighted by molar-refractivity contribution is 7.90. The van der Waals surface area contributed by atoms with Crippen LogP contribution in [-0.2, 0) is 29.2 Å². The number of benzene rings is 3. The molecule has 1 amide bonds. The number of sulfone groups is 1. The van der Waals surface area contributed by atoms with E-state index in [4.69, 9.17) is 5.26 Å². The van der Waals surface area contributed by atoms with Gasteiger partial charge in [0.2, 0.25) is 5.43 Å². The fourth-order valence-corrected chi connectivity index (χ4v) is 5.16. The van der Waals surface area contributed by atoms with Gasteiger partial charge in [0.05, 0.1) is 16.5 Å². The van der Waals surface area contributed by atoms with E-state index in [1.807, 2.05) is 0 Å². The largest absolute Gasteiger partial charge is 0.361 e. The molecule has 41 heavy (non-hydrogen) atoms. The molecule has 0 fully saturated rings. The van der Waals surface area contributed by atoms with Crippen LogP contribution in [0, 0.1) is 18.3 Å². The summed E-state index contributed by atoms with van der Waals surface area (Å²) in [5.41, 5.74) is 2.28. The average Bonchev–Trinajstić information content (AvgIpc) is 2.95. The monoisotopic (exact) mass is 575 g/mol. The van der Waals surface area contributed by atoms with Crippen molar-refractivity contribution in [3.8, 4) is 17.2 Å². The normalized spacial score (nSPS) is 11.3. The molecule has 0 aliphatic heterocycles. The minimum absolute atomic E-state index is 0.0292. The molecule has 0 saturated heterocycles. The van der Waals surface area contributed by atoms with Gasteiger partial charge in [-0.3, -0.25) is 9.59 Å². The van der Waals surface area contributed by atoms with Crippen LogP contribution in [0.2, 0.25) is 0 Å². The topological polar surface area (TPSA) is 120 Å². The van der Waals surface area contributed by atoms with Gasteiger partial charge in [-0.2, -0.15) is 5.26 Å². The number of rotatable bonds is 9. The van der Waals surface area contributed by atoms with Crippen LogP contribution >= 0.6 is 0 Å². The Labute approximate surface area is 236 Å². The van der Waals surface area contributed by atoms with Crippen molar-refractivity contribution in [1.29, 1.82) is 5.26 Å². The van der Waals surface area contributed by atoms with Gasteiger partial charge in [0.25, 0.3) is 12.3 Å². The Balaban J connectivity index is 1.70. The van der Waals surface area contributed by atoms with Crippen LogP contribution in [-0.4, -0.2) is 25.6 Å². The third-order valence-corrected chi connectivity index (χ3v) is 7.80. The maximum atomic E-state index is 13.8. The van der Waals surface area contributed by atoms with Gasteiger partial charge in [0, 0.05) is 35.3 Å². The lowest BCUT2D eigenvalue weighted by Gasteiger charge is -2.15. The second-order valence-electron chi connectivity index (χ2n) is 9.64. The maximum Gasteiger partial charge on any atom is 0.263 e. The van der Waals surface area contributed by atoms with Crippen molar-refractivity contribution in [2.75, 3.05) is 6.26 Å². The number of hydrogen-bond donors (Lipinski definition) is 2. The summed E-state index contributed by atoms with van der Waals surface area (Å²) in [6.07, 6.45) is -0.862. The lowest BCUT2D eigenvalue weighted by atomic mass is 9.96. The Morgan fingerprint density at radius 2 is 1.66 bits per heavy atom.